The van der Waals surface area contributed by atoms with E-state index in [4.69, 9.17) is 0 Å². The maximum absolute atomic E-state index is 12.4. The third-order valence-corrected chi connectivity index (χ3v) is 3.35. The number of nitro benzene ring substituents is 1. The monoisotopic (exact) mass is 307 g/mol. The van der Waals surface area contributed by atoms with E-state index in [1.165, 1.54) is 10.6 Å². The summed E-state index contributed by atoms with van der Waals surface area (Å²) in [7, 11) is 0. The van der Waals surface area contributed by atoms with Crippen molar-refractivity contribution in [1.82, 2.24) is 4.57 Å². The summed E-state index contributed by atoms with van der Waals surface area (Å²) in [6.07, 6.45) is 1.63. The number of nitro groups is 1. The van der Waals surface area contributed by atoms with Crippen LogP contribution in [-0.2, 0) is 0 Å². The van der Waals surface area contributed by atoms with Crippen molar-refractivity contribution >= 4 is 17.3 Å². The fourth-order valence-corrected chi connectivity index (χ4v) is 2.31. The Morgan fingerprint density at radius 2 is 1.65 bits per heavy atom. The van der Waals surface area contributed by atoms with Gasteiger partial charge in [0.05, 0.1) is 4.92 Å². The molecule has 0 aliphatic rings. The molecular weight excluding hydrogens is 294 g/mol. The van der Waals surface area contributed by atoms with Crippen molar-refractivity contribution in [3.8, 4) is 5.69 Å². The van der Waals surface area contributed by atoms with Crippen molar-refractivity contribution in [3.63, 3.8) is 0 Å². The molecule has 0 atom stereocenters. The molecule has 0 saturated carbocycles. The van der Waals surface area contributed by atoms with E-state index < -0.39 is 4.92 Å². The third-order valence-electron chi connectivity index (χ3n) is 3.35. The zero-order valence-corrected chi connectivity index (χ0v) is 12.0. The standard InChI is InChI=1S/C17H13N3O3/c21-17(18-13-7-2-1-3-8-13)16-11-6-12-19(16)14-9-4-5-10-15(14)20(22)23/h1-12H,(H,18,21). The average Bonchev–Trinajstić information content (AvgIpc) is 3.05. The van der Waals surface area contributed by atoms with E-state index in [9.17, 15) is 14.9 Å². The molecule has 0 bridgehead atoms. The maximum atomic E-state index is 12.4. The van der Waals surface area contributed by atoms with Gasteiger partial charge in [-0.05, 0) is 30.3 Å². The first-order chi connectivity index (χ1) is 11.2. The molecule has 3 rings (SSSR count). The van der Waals surface area contributed by atoms with Gasteiger partial charge >= 0.3 is 0 Å². The van der Waals surface area contributed by atoms with Crippen molar-refractivity contribution < 1.29 is 9.72 Å². The van der Waals surface area contributed by atoms with Gasteiger partial charge in [-0.1, -0.05) is 30.3 Å². The van der Waals surface area contributed by atoms with Crippen LogP contribution in [0.3, 0.4) is 0 Å². The minimum atomic E-state index is -0.464. The largest absolute Gasteiger partial charge is 0.321 e. The Balaban J connectivity index is 1.97. The summed E-state index contributed by atoms with van der Waals surface area (Å²) in [6.45, 7) is 0. The fraction of sp³-hybridized carbons (Fsp3) is 0. The molecule has 0 saturated heterocycles. The Morgan fingerprint density at radius 1 is 0.957 bits per heavy atom. The lowest BCUT2D eigenvalue weighted by Gasteiger charge is -2.10. The molecule has 0 fully saturated rings. The molecule has 114 valence electrons. The van der Waals surface area contributed by atoms with E-state index in [1.807, 2.05) is 18.2 Å². The number of carbonyl (C=O) groups is 1. The third kappa shape index (κ3) is 2.96. The smallest absolute Gasteiger partial charge is 0.293 e. The molecule has 0 aliphatic carbocycles. The van der Waals surface area contributed by atoms with E-state index in [0.29, 0.717) is 17.1 Å². The molecule has 0 aliphatic heterocycles. The van der Waals surface area contributed by atoms with Crippen molar-refractivity contribution in [3.05, 3.63) is 88.7 Å². The van der Waals surface area contributed by atoms with Crippen molar-refractivity contribution in [2.75, 3.05) is 5.32 Å². The summed E-state index contributed by atoms with van der Waals surface area (Å²) in [5.41, 5.74) is 1.27. The number of aromatic nitrogens is 1. The highest BCUT2D eigenvalue weighted by molar-refractivity contribution is 6.03. The van der Waals surface area contributed by atoms with Crippen LogP contribution in [0.5, 0.6) is 0 Å². The number of nitrogens with one attached hydrogen (secondary N) is 1. The van der Waals surface area contributed by atoms with Crippen LogP contribution in [0.25, 0.3) is 5.69 Å². The van der Waals surface area contributed by atoms with Crippen LogP contribution >= 0.6 is 0 Å². The zero-order valence-electron chi connectivity index (χ0n) is 12.0. The SMILES string of the molecule is O=C(Nc1ccccc1)c1cccn1-c1ccccc1[N+](=O)[O-]. The van der Waals surface area contributed by atoms with Crippen LogP contribution in [-0.4, -0.2) is 15.4 Å². The van der Waals surface area contributed by atoms with E-state index in [-0.39, 0.29) is 11.6 Å². The number of para-hydroxylation sites is 3. The van der Waals surface area contributed by atoms with E-state index >= 15 is 0 Å². The Hall–Kier alpha value is -3.41. The van der Waals surface area contributed by atoms with Gasteiger partial charge in [-0.15, -0.1) is 0 Å². The predicted octanol–water partition coefficient (Wildman–Crippen LogP) is 3.64. The predicted molar refractivity (Wildman–Crippen MR) is 86.8 cm³/mol. The quantitative estimate of drug-likeness (QED) is 0.590. The summed E-state index contributed by atoms with van der Waals surface area (Å²) >= 11 is 0. The van der Waals surface area contributed by atoms with Gasteiger partial charge in [0.25, 0.3) is 11.6 Å². The summed E-state index contributed by atoms with van der Waals surface area (Å²) in [6, 6.07) is 18.6. The van der Waals surface area contributed by atoms with Gasteiger partial charge < -0.3 is 9.88 Å². The highest BCUT2D eigenvalue weighted by Gasteiger charge is 2.19. The molecule has 1 amide bonds. The summed E-state index contributed by atoms with van der Waals surface area (Å²) in [4.78, 5) is 23.2. The van der Waals surface area contributed by atoms with Crippen LogP contribution in [0.1, 0.15) is 10.5 Å². The van der Waals surface area contributed by atoms with Crippen LogP contribution in [0.2, 0.25) is 0 Å². The Morgan fingerprint density at radius 3 is 2.39 bits per heavy atom. The highest BCUT2D eigenvalue weighted by Crippen LogP contribution is 2.24. The molecule has 23 heavy (non-hydrogen) atoms. The number of nitrogens with zero attached hydrogens (tertiary/aromatic N) is 2. The lowest BCUT2D eigenvalue weighted by molar-refractivity contribution is -0.384. The molecule has 1 aromatic heterocycles. The molecular formula is C17H13N3O3. The van der Waals surface area contributed by atoms with Gasteiger partial charge in [-0.25, -0.2) is 0 Å². The van der Waals surface area contributed by atoms with Gasteiger partial charge in [0, 0.05) is 18.0 Å². The van der Waals surface area contributed by atoms with Gasteiger partial charge in [0.1, 0.15) is 11.4 Å². The van der Waals surface area contributed by atoms with Gasteiger partial charge in [-0.3, -0.25) is 14.9 Å². The Bertz CT molecular complexity index is 856. The van der Waals surface area contributed by atoms with E-state index in [0.717, 1.165) is 0 Å². The fourth-order valence-electron chi connectivity index (χ4n) is 2.31. The summed E-state index contributed by atoms with van der Waals surface area (Å²) < 4.78 is 1.51. The van der Waals surface area contributed by atoms with Crippen LogP contribution in [0.15, 0.2) is 72.9 Å². The minimum Gasteiger partial charge on any atom is -0.321 e. The molecule has 6 nitrogen and oxygen atoms in total. The molecule has 0 unspecified atom stereocenters. The van der Waals surface area contributed by atoms with Crippen LogP contribution in [0, 0.1) is 10.1 Å². The maximum Gasteiger partial charge on any atom is 0.293 e. The first-order valence-electron chi connectivity index (χ1n) is 6.94. The number of hydrogen-bond acceptors (Lipinski definition) is 3. The van der Waals surface area contributed by atoms with Gasteiger partial charge in [0.2, 0.25) is 0 Å². The topological polar surface area (TPSA) is 77.2 Å². The Labute approximate surface area is 132 Å². The highest BCUT2D eigenvalue weighted by atomic mass is 16.6. The van der Waals surface area contributed by atoms with Crippen molar-refractivity contribution in [1.29, 1.82) is 0 Å². The lowest BCUT2D eigenvalue weighted by Crippen LogP contribution is -2.16. The number of carbonyl (C=O) groups excluding carboxylic acids is 1. The number of anilines is 1. The molecule has 1 N–H and O–H groups in total. The molecule has 0 spiro atoms. The molecule has 0 radical (unpaired) electrons. The van der Waals surface area contributed by atoms with Crippen molar-refractivity contribution in [2.24, 2.45) is 0 Å². The second kappa shape index (κ2) is 6.15. The second-order valence-corrected chi connectivity index (χ2v) is 4.83. The van der Waals surface area contributed by atoms with Gasteiger partial charge in [0.15, 0.2) is 0 Å². The number of benzene rings is 2. The first-order valence-corrected chi connectivity index (χ1v) is 6.94. The van der Waals surface area contributed by atoms with E-state index in [2.05, 4.69) is 5.32 Å². The molecule has 2 aromatic carbocycles. The number of amides is 1. The lowest BCUT2D eigenvalue weighted by atomic mass is 10.2. The zero-order chi connectivity index (χ0) is 16.2. The molecule has 6 heteroatoms. The molecule has 1 heterocycles. The number of hydrogen-bond donors (Lipinski definition) is 1. The number of rotatable bonds is 4. The van der Waals surface area contributed by atoms with E-state index in [1.54, 1.807) is 48.7 Å². The normalized spacial score (nSPS) is 10.3. The van der Waals surface area contributed by atoms with Crippen LogP contribution in [0.4, 0.5) is 11.4 Å². The Kier molecular flexibility index (Phi) is 3.88. The van der Waals surface area contributed by atoms with Crippen molar-refractivity contribution in [2.45, 2.75) is 0 Å². The second-order valence-electron chi connectivity index (χ2n) is 4.83. The van der Waals surface area contributed by atoms with Gasteiger partial charge in [-0.2, -0.15) is 0 Å². The average molecular weight is 307 g/mol. The molecule has 3 aromatic rings. The first kappa shape index (κ1) is 14.5. The van der Waals surface area contributed by atoms with Crippen LogP contribution < -0.4 is 5.32 Å². The minimum absolute atomic E-state index is 0.0579. The summed E-state index contributed by atoms with van der Waals surface area (Å²) in [5, 5.41) is 14.0. The summed E-state index contributed by atoms with van der Waals surface area (Å²) in [5.74, 6) is -0.334.